The molecule has 0 saturated heterocycles. The molecule has 0 N–H and O–H groups in total. The Labute approximate surface area is 285 Å². The van der Waals surface area contributed by atoms with Gasteiger partial charge in [0.2, 0.25) is 0 Å². The molecule has 0 spiro atoms. The van der Waals surface area contributed by atoms with Gasteiger partial charge in [-0.05, 0) is 50.8 Å². The van der Waals surface area contributed by atoms with Gasteiger partial charge in [-0.1, -0.05) is 112 Å². The molecule has 0 aliphatic rings. The zero-order chi connectivity index (χ0) is 30.7. The molecule has 0 fully saturated rings. The number of pyridine rings is 2. The number of benzene rings is 4. The Morgan fingerprint density at radius 1 is 0.733 bits per heavy atom. The smallest absolute Gasteiger partial charge is 0.0795 e. The Kier molecular flexibility index (Phi) is 10.3. The van der Waals surface area contributed by atoms with E-state index in [1.54, 1.807) is 0 Å². The van der Waals surface area contributed by atoms with Crippen LogP contribution in [0.5, 0.6) is 0 Å². The molecule has 0 aliphatic heterocycles. The molecule has 0 saturated carbocycles. The van der Waals surface area contributed by atoms with Crippen LogP contribution < -0.4 is 5.19 Å². The van der Waals surface area contributed by atoms with E-state index in [0.717, 1.165) is 28.9 Å². The van der Waals surface area contributed by atoms with Crippen LogP contribution >= 0.6 is 11.3 Å². The maximum Gasteiger partial charge on any atom is 0.0795 e. The minimum atomic E-state index is -1.32. The van der Waals surface area contributed by atoms with E-state index in [9.17, 15) is 0 Å². The molecule has 4 aromatic carbocycles. The summed E-state index contributed by atoms with van der Waals surface area (Å²) in [5.41, 5.74) is 9.39. The third-order valence-corrected chi connectivity index (χ3v) is 11.2. The molecular weight excluding hydrogens is 761 g/mol. The Balaban J connectivity index is 0.000000177. The molecule has 0 atom stereocenters. The van der Waals surface area contributed by atoms with Crippen LogP contribution in [0.1, 0.15) is 22.3 Å². The van der Waals surface area contributed by atoms with Crippen LogP contribution in [0.3, 0.4) is 0 Å². The molecule has 227 valence electrons. The van der Waals surface area contributed by atoms with E-state index in [4.69, 9.17) is 4.98 Å². The van der Waals surface area contributed by atoms with E-state index in [0.29, 0.717) is 0 Å². The molecular formula is C40H36IrN2SSi-2. The van der Waals surface area contributed by atoms with Crippen LogP contribution in [0.25, 0.3) is 42.7 Å². The van der Waals surface area contributed by atoms with Gasteiger partial charge in [0.15, 0.2) is 0 Å². The Hall–Kier alpha value is -3.73. The van der Waals surface area contributed by atoms with E-state index in [-0.39, 0.29) is 20.1 Å². The molecule has 1 radical (unpaired) electrons. The summed E-state index contributed by atoms with van der Waals surface area (Å²) >= 11 is 1.84. The number of aromatic nitrogens is 2. The SMILES string of the molecule is Cc1c[c-]c(-c2ccc([Si](C)(C)C)cn2)c2sc3ccccc3c12.Cc1c[c-]c(-c2ccccn2)cc1Cc1ccccc1.[Ir]. The molecule has 3 aromatic heterocycles. The topological polar surface area (TPSA) is 25.8 Å². The maximum atomic E-state index is 4.78. The fourth-order valence-corrected chi connectivity index (χ4v) is 7.71. The van der Waals surface area contributed by atoms with Crippen molar-refractivity contribution >= 4 is 44.8 Å². The van der Waals surface area contributed by atoms with Gasteiger partial charge in [-0.2, -0.15) is 11.3 Å². The number of rotatable bonds is 5. The second-order valence-corrected chi connectivity index (χ2v) is 18.4. The van der Waals surface area contributed by atoms with Crippen LogP contribution in [-0.2, 0) is 26.5 Å². The van der Waals surface area contributed by atoms with E-state index in [1.807, 2.05) is 35.7 Å². The summed E-state index contributed by atoms with van der Waals surface area (Å²) in [6.45, 7) is 11.4. The average Bonchev–Trinajstić information content (AvgIpc) is 3.44. The van der Waals surface area contributed by atoms with Crippen molar-refractivity contribution in [2.24, 2.45) is 0 Å². The second kappa shape index (κ2) is 14.1. The Morgan fingerprint density at radius 3 is 2.18 bits per heavy atom. The van der Waals surface area contributed by atoms with E-state index < -0.39 is 8.07 Å². The van der Waals surface area contributed by atoms with E-state index >= 15 is 0 Å². The summed E-state index contributed by atoms with van der Waals surface area (Å²) in [4.78, 5) is 9.17. The van der Waals surface area contributed by atoms with Crippen molar-refractivity contribution in [3.63, 3.8) is 0 Å². The van der Waals surface area contributed by atoms with Crippen LogP contribution in [0.15, 0.2) is 116 Å². The van der Waals surface area contributed by atoms with Crippen LogP contribution in [0.4, 0.5) is 0 Å². The third kappa shape index (κ3) is 7.40. The zero-order valence-electron chi connectivity index (χ0n) is 26.3. The zero-order valence-corrected chi connectivity index (χ0v) is 30.5. The van der Waals surface area contributed by atoms with Crippen molar-refractivity contribution in [1.29, 1.82) is 0 Å². The normalized spacial score (nSPS) is 11.1. The number of aryl methyl sites for hydroxylation is 2. The number of fused-ring (bicyclic) bond motifs is 3. The molecule has 3 heterocycles. The molecule has 45 heavy (non-hydrogen) atoms. The Bertz CT molecular complexity index is 2030. The molecule has 7 aromatic rings. The van der Waals surface area contributed by atoms with Crippen LogP contribution in [-0.4, -0.2) is 18.0 Å². The van der Waals surface area contributed by atoms with Gasteiger partial charge < -0.3 is 9.97 Å². The van der Waals surface area contributed by atoms with Crippen molar-refractivity contribution in [2.45, 2.75) is 39.9 Å². The van der Waals surface area contributed by atoms with Crippen molar-refractivity contribution in [2.75, 3.05) is 0 Å². The number of hydrogen-bond donors (Lipinski definition) is 0. The van der Waals surface area contributed by atoms with Crippen LogP contribution in [0, 0.1) is 26.0 Å². The Morgan fingerprint density at radius 2 is 1.47 bits per heavy atom. The van der Waals surface area contributed by atoms with Gasteiger partial charge in [0, 0.05) is 37.2 Å². The minimum absolute atomic E-state index is 0. The first-order chi connectivity index (χ1) is 21.3. The fourth-order valence-electron chi connectivity index (χ4n) is 5.39. The first-order valence-corrected chi connectivity index (χ1v) is 19.4. The summed E-state index contributed by atoms with van der Waals surface area (Å²) in [6.07, 6.45) is 4.83. The molecule has 7 rings (SSSR count). The van der Waals surface area contributed by atoms with Crippen molar-refractivity contribution in [1.82, 2.24) is 9.97 Å². The summed E-state index contributed by atoms with van der Waals surface area (Å²) in [5, 5.41) is 4.08. The van der Waals surface area contributed by atoms with Crippen molar-refractivity contribution in [3.8, 4) is 22.5 Å². The summed E-state index contributed by atoms with van der Waals surface area (Å²) in [7, 11) is -1.32. The van der Waals surface area contributed by atoms with Crippen molar-refractivity contribution < 1.29 is 20.1 Å². The molecule has 0 amide bonds. The van der Waals surface area contributed by atoms with Gasteiger partial charge in [-0.25, -0.2) is 0 Å². The molecule has 5 heteroatoms. The molecule has 0 bridgehead atoms. The monoisotopic (exact) mass is 797 g/mol. The third-order valence-electron chi connectivity index (χ3n) is 7.98. The standard InChI is InChI=1S/C21H20NSSi.C19H16N.Ir/c1-14-9-11-16(18-12-10-15(13-22-18)24(2,3)4)21-20(14)17-7-5-6-8-19(17)23-21;1-15-10-11-17(19-9-5-6-12-20-19)14-18(15)13-16-7-3-2-4-8-16;/h5-10,12-13H,1-4H3;2-10,12,14H,13H2,1H3;/q2*-1;. The average molecular weight is 797 g/mol. The summed E-state index contributed by atoms with van der Waals surface area (Å²) in [5.74, 6) is 0. The predicted molar refractivity (Wildman–Crippen MR) is 192 cm³/mol. The number of thiophene rings is 1. The van der Waals surface area contributed by atoms with Crippen LogP contribution in [0.2, 0.25) is 19.6 Å². The first kappa shape index (κ1) is 32.7. The maximum absolute atomic E-state index is 4.78. The minimum Gasteiger partial charge on any atom is -0.305 e. The van der Waals surface area contributed by atoms with Gasteiger partial charge in [-0.15, -0.1) is 58.1 Å². The first-order valence-electron chi connectivity index (χ1n) is 15.0. The molecule has 0 unspecified atom stereocenters. The largest absolute Gasteiger partial charge is 0.305 e. The summed E-state index contributed by atoms with van der Waals surface area (Å²) < 4.78 is 2.62. The number of nitrogens with zero attached hydrogens (tertiary/aromatic N) is 2. The molecule has 0 aliphatic carbocycles. The van der Waals surface area contributed by atoms with Gasteiger partial charge in [0.25, 0.3) is 0 Å². The predicted octanol–water partition coefficient (Wildman–Crippen LogP) is 10.2. The molecule has 2 nitrogen and oxygen atoms in total. The van der Waals surface area contributed by atoms with Gasteiger partial charge in [0.1, 0.15) is 0 Å². The number of hydrogen-bond acceptors (Lipinski definition) is 3. The quantitative estimate of drug-likeness (QED) is 0.128. The fraction of sp³-hybridized carbons (Fsp3) is 0.150. The summed E-state index contributed by atoms with van der Waals surface area (Å²) in [6, 6.07) is 42.7. The van der Waals surface area contributed by atoms with Gasteiger partial charge in [0.05, 0.1) is 8.07 Å². The second-order valence-electron chi connectivity index (χ2n) is 12.3. The van der Waals surface area contributed by atoms with E-state index in [2.05, 4.69) is 142 Å². The van der Waals surface area contributed by atoms with Crippen molar-refractivity contribution in [3.05, 3.63) is 150 Å². The van der Waals surface area contributed by atoms with Gasteiger partial charge in [-0.3, -0.25) is 0 Å². The van der Waals surface area contributed by atoms with Gasteiger partial charge >= 0.3 is 0 Å². The van der Waals surface area contributed by atoms with E-state index in [1.165, 1.54) is 47.6 Å².